The Hall–Kier alpha value is -2.52. The maximum atomic E-state index is 12.4. The van der Waals surface area contributed by atoms with E-state index in [2.05, 4.69) is 5.10 Å². The van der Waals surface area contributed by atoms with E-state index in [0.717, 1.165) is 5.69 Å². The minimum absolute atomic E-state index is 0.219. The molecule has 0 aliphatic heterocycles. The van der Waals surface area contributed by atoms with Crippen molar-refractivity contribution in [1.82, 2.24) is 4.57 Å². The molecule has 1 N–H and O–H groups in total. The number of rotatable bonds is 8. The summed E-state index contributed by atoms with van der Waals surface area (Å²) in [4.78, 5) is 12.4. The van der Waals surface area contributed by atoms with Crippen LogP contribution in [0.15, 0.2) is 52.5 Å². The first-order chi connectivity index (χ1) is 12.3. The number of benzene rings is 1. The second-order valence-electron chi connectivity index (χ2n) is 5.88. The number of aromatic nitrogens is 2. The second-order valence-corrected chi connectivity index (χ2v) is 7.45. The van der Waals surface area contributed by atoms with Gasteiger partial charge in [-0.2, -0.15) is 22.9 Å². The van der Waals surface area contributed by atoms with Gasteiger partial charge in [0.1, 0.15) is 0 Å². The molecular formula is C17H23N4O4S+. The monoisotopic (exact) mass is 379 g/mol. The molecule has 2 aromatic rings. The van der Waals surface area contributed by atoms with E-state index in [-0.39, 0.29) is 17.9 Å². The van der Waals surface area contributed by atoms with Crippen LogP contribution in [-0.2, 0) is 23.7 Å². The van der Waals surface area contributed by atoms with E-state index in [1.165, 1.54) is 9.13 Å². The van der Waals surface area contributed by atoms with Crippen LogP contribution in [-0.4, -0.2) is 36.6 Å². The predicted octanol–water partition coefficient (Wildman–Crippen LogP) is 0.811. The van der Waals surface area contributed by atoms with Gasteiger partial charge in [0.25, 0.3) is 10.1 Å². The van der Waals surface area contributed by atoms with Crippen LogP contribution in [0.1, 0.15) is 18.5 Å². The molecule has 0 radical (unpaired) electrons. The third kappa shape index (κ3) is 5.78. The number of hydrazone groups is 1. The molecule has 0 saturated carbocycles. The van der Waals surface area contributed by atoms with Crippen molar-refractivity contribution in [2.45, 2.75) is 19.4 Å². The van der Waals surface area contributed by atoms with Crippen molar-refractivity contribution in [3.8, 4) is 0 Å². The lowest BCUT2D eigenvalue weighted by Crippen LogP contribution is -2.51. The summed E-state index contributed by atoms with van der Waals surface area (Å²) >= 11 is 0. The average molecular weight is 379 g/mol. The molecule has 0 saturated heterocycles. The Morgan fingerprint density at radius 3 is 2.58 bits per heavy atom. The van der Waals surface area contributed by atoms with Crippen molar-refractivity contribution in [3.63, 3.8) is 0 Å². The molecule has 0 spiro atoms. The van der Waals surface area contributed by atoms with Crippen LogP contribution in [0.4, 0.5) is 5.69 Å². The molecule has 2 rings (SSSR count). The summed E-state index contributed by atoms with van der Waals surface area (Å²) < 4.78 is 33.4. The third-order valence-corrected chi connectivity index (χ3v) is 4.64. The molecule has 1 aromatic heterocycles. The molecule has 0 aliphatic rings. The number of aryl methyl sites for hydroxylation is 1. The van der Waals surface area contributed by atoms with Crippen LogP contribution in [0, 0.1) is 0 Å². The first-order valence-electron chi connectivity index (χ1n) is 8.15. The molecule has 0 aliphatic carbocycles. The highest BCUT2D eigenvalue weighted by Crippen LogP contribution is 2.11. The number of anilines is 1. The zero-order chi connectivity index (χ0) is 19.2. The Labute approximate surface area is 152 Å². The standard InChI is InChI=1S/C17H22N4O4S/c1-19-12-10-16(14-18-20(2)15-8-4-3-5-9-15)21(17(19)22)11-6-7-13-26(23,24)25/h3-5,8-10,12,14H,6-7,11,13H2,1-2H3/p+1. The molecule has 26 heavy (non-hydrogen) atoms. The summed E-state index contributed by atoms with van der Waals surface area (Å²) in [6, 6.07) is 11.4. The van der Waals surface area contributed by atoms with Gasteiger partial charge in [0, 0.05) is 13.1 Å². The Morgan fingerprint density at radius 2 is 1.92 bits per heavy atom. The summed E-state index contributed by atoms with van der Waals surface area (Å²) in [5.74, 6) is -0.319. The van der Waals surface area contributed by atoms with E-state index in [1.807, 2.05) is 37.4 Å². The number of unbranched alkanes of at least 4 members (excludes halogenated alkanes) is 1. The van der Waals surface area contributed by atoms with Crippen LogP contribution in [0.25, 0.3) is 0 Å². The summed E-state index contributed by atoms with van der Waals surface area (Å²) in [5.41, 5.74) is 1.30. The fourth-order valence-electron chi connectivity index (χ4n) is 2.39. The molecular weight excluding hydrogens is 356 g/mol. The Morgan fingerprint density at radius 1 is 1.23 bits per heavy atom. The maximum Gasteiger partial charge on any atom is 0.498 e. The first kappa shape index (κ1) is 19.8. The third-order valence-electron chi connectivity index (χ3n) is 3.84. The molecule has 140 valence electrons. The van der Waals surface area contributed by atoms with Gasteiger partial charge >= 0.3 is 5.69 Å². The number of para-hydroxylation sites is 1. The summed E-state index contributed by atoms with van der Waals surface area (Å²) in [5, 5.41) is 6.06. The quantitative estimate of drug-likeness (QED) is 0.241. The molecule has 0 unspecified atom stereocenters. The first-order valence-corrected chi connectivity index (χ1v) is 9.76. The van der Waals surface area contributed by atoms with Gasteiger partial charge < -0.3 is 0 Å². The van der Waals surface area contributed by atoms with Crippen LogP contribution >= 0.6 is 0 Å². The van der Waals surface area contributed by atoms with E-state index in [9.17, 15) is 13.2 Å². The SMILES string of the molecule is CN(/N=C/c1cc[n+](C)c(=O)n1CCCCS(=O)(=O)O)c1ccccc1. The Balaban J connectivity index is 2.16. The highest BCUT2D eigenvalue weighted by Gasteiger charge is 2.14. The summed E-state index contributed by atoms with van der Waals surface area (Å²) in [6.45, 7) is 0.333. The van der Waals surface area contributed by atoms with Gasteiger partial charge in [-0.25, -0.2) is 4.57 Å². The molecule has 0 fully saturated rings. The lowest BCUT2D eigenvalue weighted by molar-refractivity contribution is -0.691. The minimum atomic E-state index is -3.98. The van der Waals surface area contributed by atoms with Gasteiger partial charge in [-0.3, -0.25) is 9.56 Å². The maximum absolute atomic E-state index is 12.4. The minimum Gasteiger partial charge on any atom is -0.286 e. The van der Waals surface area contributed by atoms with Crippen molar-refractivity contribution in [3.05, 3.63) is 58.8 Å². The highest BCUT2D eigenvalue weighted by atomic mass is 32.2. The number of nitrogens with zero attached hydrogens (tertiary/aromatic N) is 4. The molecule has 9 heteroatoms. The molecule has 8 nitrogen and oxygen atoms in total. The number of hydrogen-bond acceptors (Lipinski definition) is 5. The van der Waals surface area contributed by atoms with Gasteiger partial charge in [0.2, 0.25) is 0 Å². The molecule has 0 atom stereocenters. The van der Waals surface area contributed by atoms with E-state index >= 15 is 0 Å². The van der Waals surface area contributed by atoms with Gasteiger partial charge in [-0.1, -0.05) is 18.2 Å². The van der Waals surface area contributed by atoms with Crippen molar-refractivity contribution in [2.75, 3.05) is 17.8 Å². The molecule has 0 bridgehead atoms. The van der Waals surface area contributed by atoms with Crippen LogP contribution in [0.3, 0.4) is 0 Å². The molecule has 1 heterocycles. The van der Waals surface area contributed by atoms with Crippen LogP contribution in [0.2, 0.25) is 0 Å². The normalized spacial score (nSPS) is 11.8. The second kappa shape index (κ2) is 8.72. The fraction of sp³-hybridized carbons (Fsp3) is 0.353. The van der Waals surface area contributed by atoms with E-state index in [4.69, 9.17) is 4.55 Å². The van der Waals surface area contributed by atoms with Crippen LogP contribution < -0.4 is 15.3 Å². The van der Waals surface area contributed by atoms with Crippen molar-refractivity contribution in [1.29, 1.82) is 0 Å². The summed E-state index contributed by atoms with van der Waals surface area (Å²) in [6.07, 6.45) is 3.96. The zero-order valence-corrected chi connectivity index (χ0v) is 15.6. The van der Waals surface area contributed by atoms with E-state index < -0.39 is 10.1 Å². The Kier molecular flexibility index (Phi) is 6.64. The lowest BCUT2D eigenvalue weighted by atomic mass is 10.3. The van der Waals surface area contributed by atoms with Gasteiger partial charge in [0.05, 0.1) is 37.4 Å². The predicted molar refractivity (Wildman–Crippen MR) is 100.0 cm³/mol. The Bertz CT molecular complexity index is 924. The van der Waals surface area contributed by atoms with Crippen molar-refractivity contribution >= 4 is 22.0 Å². The topological polar surface area (TPSA) is 95.9 Å². The van der Waals surface area contributed by atoms with E-state index in [1.54, 1.807) is 30.5 Å². The van der Waals surface area contributed by atoms with Gasteiger partial charge in [-0.15, -0.1) is 0 Å². The van der Waals surface area contributed by atoms with E-state index in [0.29, 0.717) is 18.7 Å². The average Bonchev–Trinajstić information content (AvgIpc) is 2.60. The summed E-state index contributed by atoms with van der Waals surface area (Å²) in [7, 11) is -0.529. The smallest absolute Gasteiger partial charge is 0.286 e. The molecule has 1 aromatic carbocycles. The molecule has 0 amide bonds. The van der Waals surface area contributed by atoms with Gasteiger partial charge in [0.15, 0.2) is 5.69 Å². The zero-order valence-electron chi connectivity index (χ0n) is 14.8. The van der Waals surface area contributed by atoms with Crippen LogP contribution in [0.5, 0.6) is 0 Å². The van der Waals surface area contributed by atoms with Gasteiger partial charge in [-0.05, 0) is 25.0 Å². The highest BCUT2D eigenvalue weighted by molar-refractivity contribution is 7.85. The number of hydrogen-bond donors (Lipinski definition) is 1. The van der Waals surface area contributed by atoms with Crippen molar-refractivity contribution < 1.29 is 17.5 Å². The lowest BCUT2D eigenvalue weighted by Gasteiger charge is -2.12. The fourth-order valence-corrected chi connectivity index (χ4v) is 2.96. The van der Waals surface area contributed by atoms with Crippen molar-refractivity contribution in [2.24, 2.45) is 12.1 Å². The largest absolute Gasteiger partial charge is 0.498 e.